The lowest BCUT2D eigenvalue weighted by molar-refractivity contribution is -0.386. The summed E-state index contributed by atoms with van der Waals surface area (Å²) in [7, 11) is 0. The van der Waals surface area contributed by atoms with Gasteiger partial charge in [0.1, 0.15) is 6.10 Å². The van der Waals surface area contributed by atoms with E-state index in [1.165, 1.54) is 6.07 Å². The predicted molar refractivity (Wildman–Crippen MR) is 94.9 cm³/mol. The Morgan fingerprint density at radius 3 is 2.40 bits per heavy atom. The fraction of sp³-hybridized carbons (Fsp3) is 0.211. The molecule has 6 nitrogen and oxygen atoms in total. The largest absolute Gasteiger partial charge is 0.383 e. The summed E-state index contributed by atoms with van der Waals surface area (Å²) in [5, 5.41) is 22.4. The number of nitrogens with zero attached hydrogens (tertiary/aromatic N) is 3. The number of benzene rings is 2. The molecule has 0 saturated heterocycles. The maximum atomic E-state index is 11.5. The van der Waals surface area contributed by atoms with E-state index in [0.717, 1.165) is 16.7 Å². The fourth-order valence-corrected chi connectivity index (χ4v) is 3.28. The number of aromatic nitrogens is 2. The molecular formula is C19H19N3O3. The van der Waals surface area contributed by atoms with Gasteiger partial charge in [-0.1, -0.05) is 17.7 Å². The van der Waals surface area contributed by atoms with Crippen LogP contribution in [0.2, 0.25) is 0 Å². The van der Waals surface area contributed by atoms with Crippen LogP contribution < -0.4 is 0 Å². The number of hydrogen-bond acceptors (Lipinski definition) is 4. The van der Waals surface area contributed by atoms with Gasteiger partial charge in [0.25, 0.3) is 5.69 Å². The molecule has 3 aromatic rings. The third-order valence-corrected chi connectivity index (χ3v) is 4.32. The smallest absolute Gasteiger partial charge is 0.275 e. The minimum absolute atomic E-state index is 0.101. The van der Waals surface area contributed by atoms with E-state index in [-0.39, 0.29) is 11.3 Å². The van der Waals surface area contributed by atoms with Crippen LogP contribution in [0.4, 0.5) is 5.69 Å². The Kier molecular flexibility index (Phi) is 4.37. The summed E-state index contributed by atoms with van der Waals surface area (Å²) in [6.07, 6.45) is 3.91. The standard InChI is InChI=1S/C19H19N3O3/c1-12-8-13(2)18(14(3)9-12)19(23)16-10-15(21-7-6-20-11-21)4-5-17(16)22(24)25/h4-11,19,23H,1-3H3. The lowest BCUT2D eigenvalue weighted by Crippen LogP contribution is -2.09. The van der Waals surface area contributed by atoms with E-state index >= 15 is 0 Å². The van der Waals surface area contributed by atoms with Crippen molar-refractivity contribution in [1.29, 1.82) is 0 Å². The Hall–Kier alpha value is -2.99. The van der Waals surface area contributed by atoms with Crippen LogP contribution in [0.3, 0.4) is 0 Å². The molecule has 6 heteroatoms. The zero-order valence-corrected chi connectivity index (χ0v) is 14.3. The van der Waals surface area contributed by atoms with Crippen LogP contribution in [0.15, 0.2) is 49.1 Å². The van der Waals surface area contributed by atoms with E-state index in [9.17, 15) is 15.2 Å². The number of nitro groups is 1. The van der Waals surface area contributed by atoms with Crippen LogP contribution in [0.25, 0.3) is 5.69 Å². The third kappa shape index (κ3) is 3.16. The summed E-state index contributed by atoms with van der Waals surface area (Å²) in [6.45, 7) is 5.80. The molecule has 1 unspecified atom stereocenters. The third-order valence-electron chi connectivity index (χ3n) is 4.32. The van der Waals surface area contributed by atoms with Crippen LogP contribution in [0.1, 0.15) is 33.9 Å². The number of imidazole rings is 1. The van der Waals surface area contributed by atoms with Crippen LogP contribution >= 0.6 is 0 Å². The Bertz CT molecular complexity index is 910. The summed E-state index contributed by atoms with van der Waals surface area (Å²) >= 11 is 0. The van der Waals surface area contributed by atoms with Gasteiger partial charge in [-0.15, -0.1) is 0 Å². The molecule has 0 fully saturated rings. The molecule has 25 heavy (non-hydrogen) atoms. The van der Waals surface area contributed by atoms with Gasteiger partial charge in [-0.25, -0.2) is 4.98 Å². The molecule has 0 spiro atoms. The van der Waals surface area contributed by atoms with Gasteiger partial charge in [0.15, 0.2) is 0 Å². The van der Waals surface area contributed by atoms with Crippen molar-refractivity contribution >= 4 is 5.69 Å². The van der Waals surface area contributed by atoms with Crippen molar-refractivity contribution in [2.75, 3.05) is 0 Å². The van der Waals surface area contributed by atoms with Crippen molar-refractivity contribution in [3.05, 3.63) is 87.0 Å². The summed E-state index contributed by atoms with van der Waals surface area (Å²) in [5.74, 6) is 0. The lowest BCUT2D eigenvalue weighted by atomic mass is 9.91. The molecule has 0 radical (unpaired) electrons. The summed E-state index contributed by atoms with van der Waals surface area (Å²) in [5.41, 5.74) is 4.49. The van der Waals surface area contributed by atoms with Gasteiger partial charge in [0.2, 0.25) is 0 Å². The van der Waals surface area contributed by atoms with E-state index in [0.29, 0.717) is 11.3 Å². The van der Waals surface area contributed by atoms with Crippen LogP contribution in [0.5, 0.6) is 0 Å². The van der Waals surface area contributed by atoms with Crippen molar-refractivity contribution < 1.29 is 10.0 Å². The van der Waals surface area contributed by atoms with E-state index in [1.807, 2.05) is 32.9 Å². The maximum Gasteiger partial charge on any atom is 0.275 e. The monoisotopic (exact) mass is 337 g/mol. The van der Waals surface area contributed by atoms with Crippen LogP contribution in [0, 0.1) is 30.9 Å². The molecule has 1 atom stereocenters. The highest BCUT2D eigenvalue weighted by molar-refractivity contribution is 5.54. The van der Waals surface area contributed by atoms with Crippen molar-refractivity contribution in [3.8, 4) is 5.69 Å². The fourth-order valence-electron chi connectivity index (χ4n) is 3.28. The molecule has 0 aliphatic carbocycles. The van der Waals surface area contributed by atoms with Crippen LogP contribution in [-0.2, 0) is 0 Å². The maximum absolute atomic E-state index is 11.5. The highest BCUT2D eigenvalue weighted by Crippen LogP contribution is 2.35. The van der Waals surface area contributed by atoms with E-state index in [2.05, 4.69) is 4.98 Å². The Labute approximate surface area is 145 Å². The Morgan fingerprint density at radius 1 is 1.16 bits per heavy atom. The lowest BCUT2D eigenvalue weighted by Gasteiger charge is -2.18. The molecule has 1 aromatic heterocycles. The quantitative estimate of drug-likeness (QED) is 0.580. The second-order valence-electron chi connectivity index (χ2n) is 6.19. The molecule has 0 aliphatic rings. The first-order valence-electron chi connectivity index (χ1n) is 7.91. The molecule has 0 bridgehead atoms. The molecule has 2 aromatic carbocycles. The number of nitro benzene ring substituents is 1. The van der Waals surface area contributed by atoms with Gasteiger partial charge in [-0.2, -0.15) is 0 Å². The Morgan fingerprint density at radius 2 is 1.84 bits per heavy atom. The van der Waals surface area contributed by atoms with E-state index < -0.39 is 11.0 Å². The van der Waals surface area contributed by atoms with Crippen molar-refractivity contribution in [3.63, 3.8) is 0 Å². The molecule has 3 rings (SSSR count). The van der Waals surface area contributed by atoms with Gasteiger partial charge in [-0.05, 0) is 49.6 Å². The number of aliphatic hydroxyl groups excluding tert-OH is 1. The Balaban J connectivity index is 2.17. The van der Waals surface area contributed by atoms with Crippen LogP contribution in [-0.4, -0.2) is 19.6 Å². The van der Waals surface area contributed by atoms with Crippen molar-refractivity contribution in [1.82, 2.24) is 9.55 Å². The highest BCUT2D eigenvalue weighted by Gasteiger charge is 2.25. The van der Waals surface area contributed by atoms with E-state index in [1.54, 1.807) is 35.4 Å². The summed E-state index contributed by atoms with van der Waals surface area (Å²) in [4.78, 5) is 15.0. The van der Waals surface area contributed by atoms with E-state index in [4.69, 9.17) is 0 Å². The topological polar surface area (TPSA) is 81.2 Å². The molecule has 0 saturated carbocycles. The molecule has 0 aliphatic heterocycles. The van der Waals surface area contributed by atoms with Gasteiger partial charge in [0, 0.05) is 24.1 Å². The number of aliphatic hydroxyl groups is 1. The summed E-state index contributed by atoms with van der Waals surface area (Å²) in [6, 6.07) is 8.65. The molecule has 128 valence electrons. The molecule has 1 N–H and O–H groups in total. The predicted octanol–water partition coefficient (Wildman–Crippen LogP) is 3.79. The number of aryl methyl sites for hydroxylation is 3. The minimum atomic E-state index is -1.08. The molecular weight excluding hydrogens is 318 g/mol. The van der Waals surface area contributed by atoms with Gasteiger partial charge in [-0.3, -0.25) is 10.1 Å². The summed E-state index contributed by atoms with van der Waals surface area (Å²) < 4.78 is 1.74. The zero-order chi connectivity index (χ0) is 18.1. The number of rotatable bonds is 4. The average molecular weight is 337 g/mol. The first-order chi connectivity index (χ1) is 11.9. The second-order valence-corrected chi connectivity index (χ2v) is 6.19. The van der Waals surface area contributed by atoms with Gasteiger partial charge < -0.3 is 9.67 Å². The number of hydrogen-bond donors (Lipinski definition) is 1. The highest BCUT2D eigenvalue weighted by atomic mass is 16.6. The van der Waals surface area contributed by atoms with Gasteiger partial charge >= 0.3 is 0 Å². The first-order valence-corrected chi connectivity index (χ1v) is 7.91. The second kappa shape index (κ2) is 6.49. The van der Waals surface area contributed by atoms with Crippen molar-refractivity contribution in [2.45, 2.75) is 26.9 Å². The zero-order valence-electron chi connectivity index (χ0n) is 14.3. The normalized spacial score (nSPS) is 12.2. The van der Waals surface area contributed by atoms with Crippen molar-refractivity contribution in [2.24, 2.45) is 0 Å². The molecule has 1 heterocycles. The average Bonchev–Trinajstić information content (AvgIpc) is 3.07. The first kappa shape index (κ1) is 16.9. The molecule has 0 amide bonds. The minimum Gasteiger partial charge on any atom is -0.383 e. The SMILES string of the molecule is Cc1cc(C)c(C(O)c2cc(-n3ccnc3)ccc2[N+](=O)[O-])c(C)c1. The van der Waals surface area contributed by atoms with Gasteiger partial charge in [0.05, 0.1) is 16.8 Å².